The van der Waals surface area contributed by atoms with E-state index in [1.54, 1.807) is 0 Å². The molecule has 0 radical (unpaired) electrons. The number of likely N-dealkylation sites (N-methyl/N-ethyl adjacent to an activating group) is 1. The van der Waals surface area contributed by atoms with Gasteiger partial charge >= 0.3 is 0 Å². The number of carbonyl (C=O) groups excluding carboxylic acids is 1. The van der Waals surface area contributed by atoms with Crippen molar-refractivity contribution in [3.05, 3.63) is 35.4 Å². The Morgan fingerprint density at radius 2 is 2.00 bits per heavy atom. The fourth-order valence-corrected chi connectivity index (χ4v) is 4.22. The molecule has 122 valence electrons. The summed E-state index contributed by atoms with van der Waals surface area (Å²) in [5, 5.41) is 2.85. The van der Waals surface area contributed by atoms with Crippen LogP contribution in [-0.2, 0) is 21.2 Å². The van der Waals surface area contributed by atoms with Gasteiger partial charge < -0.3 is 5.32 Å². The van der Waals surface area contributed by atoms with Crippen molar-refractivity contribution in [2.24, 2.45) is 0 Å². The summed E-state index contributed by atoms with van der Waals surface area (Å²) in [4.78, 5) is 14.2. The molecule has 2 unspecified atom stereocenters. The number of amides is 1. The van der Waals surface area contributed by atoms with Crippen LogP contribution in [0.15, 0.2) is 24.3 Å². The number of nitrogens with zero attached hydrogens (tertiary/aromatic N) is 1. The maximum absolute atomic E-state index is 12.2. The number of nitrogens with one attached hydrogen (secondary N) is 1. The Hall–Kier alpha value is -1.40. The van der Waals surface area contributed by atoms with Gasteiger partial charge in [-0.3, -0.25) is 9.69 Å². The van der Waals surface area contributed by atoms with Gasteiger partial charge in [0.05, 0.1) is 17.5 Å². The van der Waals surface area contributed by atoms with Crippen molar-refractivity contribution >= 4 is 15.7 Å². The van der Waals surface area contributed by atoms with Gasteiger partial charge in [-0.25, -0.2) is 8.42 Å². The second kappa shape index (κ2) is 6.79. The largest absolute Gasteiger partial charge is 0.351 e. The normalized spacial score (nSPS) is 21.7. The van der Waals surface area contributed by atoms with Gasteiger partial charge in [0.15, 0.2) is 9.84 Å². The Labute approximate surface area is 132 Å². The number of hydrogen-bond donors (Lipinski definition) is 1. The van der Waals surface area contributed by atoms with E-state index >= 15 is 0 Å². The first-order valence-corrected chi connectivity index (χ1v) is 9.35. The summed E-state index contributed by atoms with van der Waals surface area (Å²) in [6.45, 7) is 4.56. The molecule has 0 aliphatic carbocycles. The average molecular weight is 324 g/mol. The van der Waals surface area contributed by atoms with Crippen LogP contribution in [0.2, 0.25) is 0 Å². The van der Waals surface area contributed by atoms with E-state index in [4.69, 9.17) is 0 Å². The first-order chi connectivity index (χ1) is 10.3. The van der Waals surface area contributed by atoms with Crippen molar-refractivity contribution in [1.82, 2.24) is 10.2 Å². The van der Waals surface area contributed by atoms with Gasteiger partial charge in [0.25, 0.3) is 0 Å². The minimum absolute atomic E-state index is 0.0626. The summed E-state index contributed by atoms with van der Waals surface area (Å²) >= 11 is 0. The number of hydrogen-bond acceptors (Lipinski definition) is 4. The van der Waals surface area contributed by atoms with Gasteiger partial charge in [0, 0.05) is 12.6 Å². The second-order valence-electron chi connectivity index (χ2n) is 6.19. The number of benzene rings is 1. The number of carbonyl (C=O) groups is 1. The van der Waals surface area contributed by atoms with Crippen molar-refractivity contribution in [1.29, 1.82) is 0 Å². The molecule has 22 heavy (non-hydrogen) atoms. The Kier molecular flexibility index (Phi) is 5.24. The highest BCUT2D eigenvalue weighted by Crippen LogP contribution is 2.13. The third-order valence-corrected chi connectivity index (χ3v) is 5.94. The monoisotopic (exact) mass is 324 g/mol. The molecule has 0 spiro atoms. The van der Waals surface area contributed by atoms with Crippen molar-refractivity contribution in [3.63, 3.8) is 0 Å². The molecule has 0 bridgehead atoms. The van der Waals surface area contributed by atoms with E-state index in [0.29, 0.717) is 13.0 Å². The first kappa shape index (κ1) is 17.0. The molecule has 1 aliphatic heterocycles. The maximum Gasteiger partial charge on any atom is 0.237 e. The van der Waals surface area contributed by atoms with Gasteiger partial charge in [0.2, 0.25) is 5.91 Å². The smallest absolute Gasteiger partial charge is 0.237 e. The third kappa shape index (κ3) is 4.55. The van der Waals surface area contributed by atoms with Gasteiger partial charge in [-0.05, 0) is 32.9 Å². The number of sulfone groups is 1. The lowest BCUT2D eigenvalue weighted by molar-refractivity contribution is -0.126. The summed E-state index contributed by atoms with van der Waals surface area (Å²) in [6.07, 6.45) is 0.516. The molecule has 1 fully saturated rings. The molecule has 1 aromatic rings. The average Bonchev–Trinajstić information content (AvgIpc) is 2.79. The van der Waals surface area contributed by atoms with Gasteiger partial charge in [-0.1, -0.05) is 29.8 Å². The van der Waals surface area contributed by atoms with E-state index in [1.165, 1.54) is 5.56 Å². The molecule has 1 amide bonds. The van der Waals surface area contributed by atoms with Gasteiger partial charge in [-0.2, -0.15) is 0 Å². The first-order valence-electron chi connectivity index (χ1n) is 7.53. The predicted octanol–water partition coefficient (Wildman–Crippen LogP) is 1.12. The fraction of sp³-hybridized carbons (Fsp3) is 0.562. The van der Waals surface area contributed by atoms with Crippen LogP contribution in [0.25, 0.3) is 0 Å². The zero-order chi connectivity index (χ0) is 16.3. The Bertz CT molecular complexity index is 625. The molecule has 2 atom stereocenters. The van der Waals surface area contributed by atoms with E-state index in [1.807, 2.05) is 25.8 Å². The highest BCUT2D eigenvalue weighted by atomic mass is 32.2. The number of rotatable bonds is 5. The van der Waals surface area contributed by atoms with Crippen LogP contribution >= 0.6 is 0 Å². The zero-order valence-electron chi connectivity index (χ0n) is 13.4. The van der Waals surface area contributed by atoms with Crippen LogP contribution in [0.5, 0.6) is 0 Å². The summed E-state index contributed by atoms with van der Waals surface area (Å²) in [6, 6.07) is 7.67. The molecule has 5 nitrogen and oxygen atoms in total. The molecule has 1 N–H and O–H groups in total. The molecular formula is C16H24N2O3S. The molecule has 1 saturated heterocycles. The zero-order valence-corrected chi connectivity index (χ0v) is 14.2. The van der Waals surface area contributed by atoms with Crippen LogP contribution in [0.3, 0.4) is 0 Å². The minimum atomic E-state index is -2.97. The molecule has 1 heterocycles. The van der Waals surface area contributed by atoms with Crippen molar-refractivity contribution in [2.45, 2.75) is 38.9 Å². The van der Waals surface area contributed by atoms with Crippen molar-refractivity contribution < 1.29 is 13.2 Å². The Morgan fingerprint density at radius 1 is 1.36 bits per heavy atom. The van der Waals surface area contributed by atoms with Gasteiger partial charge in [-0.15, -0.1) is 0 Å². The van der Waals surface area contributed by atoms with Gasteiger partial charge in [0.1, 0.15) is 0 Å². The predicted molar refractivity (Wildman–Crippen MR) is 87.3 cm³/mol. The molecule has 1 aromatic carbocycles. The van der Waals surface area contributed by atoms with E-state index in [0.717, 1.165) is 5.56 Å². The lowest BCUT2D eigenvalue weighted by Gasteiger charge is -2.25. The highest BCUT2D eigenvalue weighted by molar-refractivity contribution is 7.91. The lowest BCUT2D eigenvalue weighted by Crippen LogP contribution is -2.47. The third-order valence-electron chi connectivity index (χ3n) is 4.17. The SMILES string of the molecule is Cc1ccc(CN(C)C(C)C(=O)NC2CCS(=O)(=O)C2)cc1. The highest BCUT2D eigenvalue weighted by Gasteiger charge is 2.30. The Morgan fingerprint density at radius 3 is 2.55 bits per heavy atom. The molecule has 0 saturated carbocycles. The molecular weight excluding hydrogens is 300 g/mol. The lowest BCUT2D eigenvalue weighted by atomic mass is 10.1. The summed E-state index contributed by atoms with van der Waals surface area (Å²) in [5.74, 6) is 0.121. The maximum atomic E-state index is 12.2. The summed E-state index contributed by atoms with van der Waals surface area (Å²) in [5.41, 5.74) is 2.36. The summed E-state index contributed by atoms with van der Waals surface area (Å²) < 4.78 is 22.9. The van der Waals surface area contributed by atoms with Crippen LogP contribution < -0.4 is 5.32 Å². The van der Waals surface area contributed by atoms with E-state index in [2.05, 4.69) is 29.6 Å². The standard InChI is InChI=1S/C16H24N2O3S/c1-12-4-6-14(7-5-12)10-18(3)13(2)16(19)17-15-8-9-22(20,21)11-15/h4-7,13,15H,8-11H2,1-3H3,(H,17,19). The van der Waals surface area contributed by atoms with Crippen LogP contribution in [0.1, 0.15) is 24.5 Å². The number of aryl methyl sites for hydroxylation is 1. The second-order valence-corrected chi connectivity index (χ2v) is 8.41. The van der Waals surface area contributed by atoms with Crippen LogP contribution in [-0.4, -0.2) is 49.9 Å². The minimum Gasteiger partial charge on any atom is -0.351 e. The molecule has 1 aliphatic rings. The van der Waals surface area contributed by atoms with E-state index in [9.17, 15) is 13.2 Å². The topological polar surface area (TPSA) is 66.5 Å². The van der Waals surface area contributed by atoms with Crippen molar-refractivity contribution in [3.8, 4) is 0 Å². The molecule has 2 rings (SSSR count). The molecule has 0 aromatic heterocycles. The fourth-order valence-electron chi connectivity index (χ4n) is 2.55. The summed E-state index contributed by atoms with van der Waals surface area (Å²) in [7, 11) is -1.07. The van der Waals surface area contributed by atoms with E-state index in [-0.39, 0.29) is 29.5 Å². The van der Waals surface area contributed by atoms with Crippen molar-refractivity contribution in [2.75, 3.05) is 18.6 Å². The van der Waals surface area contributed by atoms with E-state index < -0.39 is 9.84 Å². The van der Waals surface area contributed by atoms with Crippen LogP contribution in [0, 0.1) is 6.92 Å². The Balaban J connectivity index is 1.88. The quantitative estimate of drug-likeness (QED) is 0.881. The van der Waals surface area contributed by atoms with Crippen LogP contribution in [0.4, 0.5) is 0 Å². The molecule has 6 heteroatoms.